The van der Waals surface area contributed by atoms with Crippen LogP contribution < -0.4 is 0 Å². The van der Waals surface area contributed by atoms with Crippen molar-refractivity contribution >= 4 is 22.9 Å². The van der Waals surface area contributed by atoms with Gasteiger partial charge in [0.1, 0.15) is 0 Å². The second kappa shape index (κ2) is 3.38. The Balaban J connectivity index is 2.72. The van der Waals surface area contributed by atoms with E-state index in [0.717, 1.165) is 16.7 Å². The van der Waals surface area contributed by atoms with Crippen LogP contribution in [0.2, 0.25) is 0 Å². The van der Waals surface area contributed by atoms with Crippen molar-refractivity contribution in [3.05, 3.63) is 0 Å². The van der Waals surface area contributed by atoms with Crippen molar-refractivity contribution in [1.82, 2.24) is 4.90 Å². The van der Waals surface area contributed by atoms with Crippen LogP contribution in [0.1, 0.15) is 20.3 Å². The van der Waals surface area contributed by atoms with Gasteiger partial charge in [-0.25, -0.2) is 0 Å². The number of hydrogen-bond donors (Lipinski definition) is 0. The van der Waals surface area contributed by atoms with Crippen molar-refractivity contribution in [3.8, 4) is 6.07 Å². The van der Waals surface area contributed by atoms with Gasteiger partial charge in [0.15, 0.2) is 0 Å². The zero-order valence-corrected chi connectivity index (χ0v) is 8.35. The quantitative estimate of drug-likeness (QED) is 0.672. The van der Waals surface area contributed by atoms with Gasteiger partial charge >= 0.3 is 0 Å². The van der Waals surface area contributed by atoms with Gasteiger partial charge in [-0.15, -0.1) is 0 Å². The number of hydrogen-bond acceptors (Lipinski definition) is 4. The van der Waals surface area contributed by atoms with E-state index < -0.39 is 4.75 Å². The van der Waals surface area contributed by atoms with Crippen molar-refractivity contribution in [2.45, 2.75) is 25.0 Å². The molecule has 4 nitrogen and oxygen atoms in total. The van der Waals surface area contributed by atoms with Crippen LogP contribution in [0.15, 0.2) is 0 Å². The summed E-state index contributed by atoms with van der Waals surface area (Å²) >= 11 is 1.02. The summed E-state index contributed by atoms with van der Waals surface area (Å²) in [4.78, 5) is 23.9. The molecule has 1 heterocycles. The van der Waals surface area contributed by atoms with Crippen LogP contribution in [0.3, 0.4) is 0 Å². The summed E-state index contributed by atoms with van der Waals surface area (Å²) in [6.07, 6.45) is 0.202. The van der Waals surface area contributed by atoms with Gasteiger partial charge in [-0.05, 0) is 25.6 Å². The van der Waals surface area contributed by atoms with E-state index in [0.29, 0.717) is 0 Å². The zero-order valence-electron chi connectivity index (χ0n) is 7.53. The highest BCUT2D eigenvalue weighted by Crippen LogP contribution is 2.36. The molecule has 1 aliphatic rings. The fourth-order valence-corrected chi connectivity index (χ4v) is 2.00. The van der Waals surface area contributed by atoms with Gasteiger partial charge < -0.3 is 0 Å². The summed E-state index contributed by atoms with van der Waals surface area (Å²) in [5.74, 6) is -0.197. The number of amides is 2. The van der Waals surface area contributed by atoms with Crippen LogP contribution in [-0.4, -0.2) is 27.3 Å². The number of carbonyl (C=O) groups excluding carboxylic acids is 2. The average molecular weight is 198 g/mol. The number of carbonyl (C=O) groups is 2. The number of nitrogens with zero attached hydrogens (tertiary/aromatic N) is 2. The Hall–Kier alpha value is -1.02. The molecule has 0 bridgehead atoms. The molecule has 0 atom stereocenters. The lowest BCUT2D eigenvalue weighted by Gasteiger charge is -2.14. The fraction of sp³-hybridized carbons (Fsp3) is 0.625. The third-order valence-corrected chi connectivity index (χ3v) is 2.85. The van der Waals surface area contributed by atoms with Crippen molar-refractivity contribution in [2.24, 2.45) is 0 Å². The Bertz CT molecular complexity index is 293. The van der Waals surface area contributed by atoms with E-state index >= 15 is 0 Å². The van der Waals surface area contributed by atoms with Crippen LogP contribution in [0.25, 0.3) is 0 Å². The maximum absolute atomic E-state index is 11.5. The van der Waals surface area contributed by atoms with Crippen molar-refractivity contribution in [3.63, 3.8) is 0 Å². The van der Waals surface area contributed by atoms with E-state index in [1.165, 1.54) is 0 Å². The highest BCUT2D eigenvalue weighted by atomic mass is 32.2. The Labute approximate surface area is 80.9 Å². The molecular weight excluding hydrogens is 188 g/mol. The minimum Gasteiger partial charge on any atom is -0.273 e. The lowest BCUT2D eigenvalue weighted by atomic mass is 10.2. The lowest BCUT2D eigenvalue weighted by molar-refractivity contribution is -0.128. The molecule has 70 valence electrons. The molecule has 1 rings (SSSR count). The number of nitriles is 1. The summed E-state index contributed by atoms with van der Waals surface area (Å²) in [5.41, 5.74) is 0. The fourth-order valence-electron chi connectivity index (χ4n) is 1.08. The van der Waals surface area contributed by atoms with E-state index in [1.807, 2.05) is 6.07 Å². The van der Waals surface area contributed by atoms with E-state index in [4.69, 9.17) is 5.26 Å². The zero-order chi connectivity index (χ0) is 10.1. The van der Waals surface area contributed by atoms with E-state index in [-0.39, 0.29) is 24.1 Å². The highest BCUT2D eigenvalue weighted by Gasteiger charge is 2.45. The van der Waals surface area contributed by atoms with Crippen LogP contribution in [0.4, 0.5) is 4.79 Å². The minimum atomic E-state index is -0.660. The van der Waals surface area contributed by atoms with Crippen molar-refractivity contribution in [1.29, 1.82) is 5.26 Å². The third kappa shape index (κ3) is 1.83. The molecule has 0 aromatic heterocycles. The summed E-state index contributed by atoms with van der Waals surface area (Å²) < 4.78 is -0.660. The first-order chi connectivity index (χ1) is 5.99. The molecule has 0 aromatic carbocycles. The molecule has 0 spiro atoms. The van der Waals surface area contributed by atoms with E-state index in [1.54, 1.807) is 13.8 Å². The minimum absolute atomic E-state index is 0.197. The molecule has 1 aliphatic heterocycles. The molecular formula is C8H10N2O2S. The van der Waals surface area contributed by atoms with Gasteiger partial charge in [-0.2, -0.15) is 5.26 Å². The summed E-state index contributed by atoms with van der Waals surface area (Å²) in [5, 5.41) is 8.08. The topological polar surface area (TPSA) is 61.2 Å². The molecule has 0 N–H and O–H groups in total. The highest BCUT2D eigenvalue weighted by molar-refractivity contribution is 8.16. The summed E-state index contributed by atoms with van der Waals surface area (Å²) in [6.45, 7) is 3.64. The van der Waals surface area contributed by atoms with Gasteiger partial charge in [0.2, 0.25) is 5.91 Å². The third-order valence-electron chi connectivity index (χ3n) is 1.77. The average Bonchev–Trinajstić information content (AvgIpc) is 2.21. The molecule has 13 heavy (non-hydrogen) atoms. The molecule has 0 unspecified atom stereocenters. The lowest BCUT2D eigenvalue weighted by Crippen LogP contribution is -2.36. The summed E-state index contributed by atoms with van der Waals surface area (Å²) in [7, 11) is 0. The van der Waals surface area contributed by atoms with Gasteiger partial charge in [0.25, 0.3) is 5.24 Å². The van der Waals surface area contributed by atoms with Crippen LogP contribution >= 0.6 is 11.8 Å². The largest absolute Gasteiger partial charge is 0.289 e. The second-order valence-corrected chi connectivity index (χ2v) is 4.82. The standard InChI is InChI=1S/C8H10N2O2S/c1-8(2)6(11)10(5-3-4-9)7(12)13-8/h3,5H2,1-2H3. The summed E-state index contributed by atoms with van der Waals surface area (Å²) in [6, 6.07) is 1.91. The maximum Gasteiger partial charge on any atom is 0.289 e. The molecule has 0 aromatic rings. The van der Waals surface area contributed by atoms with Gasteiger partial charge in [0, 0.05) is 6.54 Å². The van der Waals surface area contributed by atoms with Gasteiger partial charge in [-0.3, -0.25) is 14.5 Å². The van der Waals surface area contributed by atoms with Gasteiger partial charge in [-0.1, -0.05) is 0 Å². The normalized spacial score (nSPS) is 20.5. The van der Waals surface area contributed by atoms with Crippen LogP contribution in [0, 0.1) is 11.3 Å². The first-order valence-corrected chi connectivity index (χ1v) is 4.72. The van der Waals surface area contributed by atoms with Crippen LogP contribution in [0.5, 0.6) is 0 Å². The second-order valence-electron chi connectivity index (χ2n) is 3.24. The Morgan fingerprint density at radius 2 is 2.15 bits per heavy atom. The number of thioether (sulfide) groups is 1. The molecule has 0 radical (unpaired) electrons. The van der Waals surface area contributed by atoms with E-state index in [2.05, 4.69) is 0 Å². The molecule has 1 saturated heterocycles. The van der Waals surface area contributed by atoms with Crippen LogP contribution in [-0.2, 0) is 4.79 Å². The maximum atomic E-state index is 11.5. The van der Waals surface area contributed by atoms with Crippen molar-refractivity contribution in [2.75, 3.05) is 6.54 Å². The Morgan fingerprint density at radius 1 is 1.54 bits per heavy atom. The predicted octanol–water partition coefficient (Wildman–Crippen LogP) is 1.37. The molecule has 0 saturated carbocycles. The number of imide groups is 1. The molecule has 1 fully saturated rings. The Kier molecular flexibility index (Phi) is 2.62. The molecule has 0 aliphatic carbocycles. The molecule has 2 amide bonds. The first kappa shape index (κ1) is 10.1. The smallest absolute Gasteiger partial charge is 0.273 e. The van der Waals surface area contributed by atoms with Crippen molar-refractivity contribution < 1.29 is 9.59 Å². The first-order valence-electron chi connectivity index (χ1n) is 3.91. The predicted molar refractivity (Wildman–Crippen MR) is 49.0 cm³/mol. The molecule has 5 heteroatoms. The van der Waals surface area contributed by atoms with Gasteiger partial charge in [0.05, 0.1) is 17.2 Å². The van der Waals surface area contributed by atoms with E-state index in [9.17, 15) is 9.59 Å². The number of rotatable bonds is 2. The monoisotopic (exact) mass is 198 g/mol. The SMILES string of the molecule is CC1(C)SC(=O)N(CCC#N)C1=O. The Morgan fingerprint density at radius 3 is 2.54 bits per heavy atom.